The summed E-state index contributed by atoms with van der Waals surface area (Å²) >= 11 is 1.64. The fraction of sp³-hybridized carbons (Fsp3) is 0.0455. The number of nitrogens with zero attached hydrogens (tertiary/aromatic N) is 2. The minimum Gasteiger partial charge on any atom is -0.497 e. The van der Waals surface area contributed by atoms with Crippen molar-refractivity contribution in [2.45, 2.75) is 0 Å². The van der Waals surface area contributed by atoms with Crippen LogP contribution < -0.4 is 9.54 Å². The molecule has 1 heterocycles. The molecule has 26 heavy (non-hydrogen) atoms. The summed E-state index contributed by atoms with van der Waals surface area (Å²) in [5.74, 6) is 0.851. The molecule has 1 aromatic heterocycles. The predicted molar refractivity (Wildman–Crippen MR) is 107 cm³/mol. The van der Waals surface area contributed by atoms with Gasteiger partial charge in [-0.25, -0.2) is 4.99 Å². The molecule has 0 atom stereocenters. The first-order valence-corrected chi connectivity index (χ1v) is 9.23. The second-order valence-electron chi connectivity index (χ2n) is 5.75. The van der Waals surface area contributed by atoms with Gasteiger partial charge in [0.2, 0.25) is 0 Å². The van der Waals surface area contributed by atoms with Crippen LogP contribution in [-0.4, -0.2) is 11.7 Å². The van der Waals surface area contributed by atoms with E-state index in [0.29, 0.717) is 0 Å². The van der Waals surface area contributed by atoms with Crippen LogP contribution in [0.1, 0.15) is 0 Å². The molecule has 0 bridgehead atoms. The molecule has 0 aliphatic rings. The number of hydrogen-bond donors (Lipinski definition) is 0. The fourth-order valence-electron chi connectivity index (χ4n) is 2.79. The average Bonchev–Trinajstić information content (AvgIpc) is 3.13. The van der Waals surface area contributed by atoms with E-state index in [1.54, 1.807) is 18.4 Å². The van der Waals surface area contributed by atoms with Crippen LogP contribution in [0.4, 0.5) is 5.69 Å². The zero-order chi connectivity index (χ0) is 17.8. The summed E-state index contributed by atoms with van der Waals surface area (Å²) in [6.07, 6.45) is 0. The Balaban J connectivity index is 1.91. The van der Waals surface area contributed by atoms with Crippen molar-refractivity contribution in [3.05, 3.63) is 95.1 Å². The molecule has 128 valence electrons. The summed E-state index contributed by atoms with van der Waals surface area (Å²) in [6, 6.07) is 28.5. The van der Waals surface area contributed by atoms with Crippen LogP contribution in [0.5, 0.6) is 5.75 Å². The molecule has 3 aromatic carbocycles. The van der Waals surface area contributed by atoms with Crippen molar-refractivity contribution in [2.75, 3.05) is 7.11 Å². The maximum atomic E-state index is 5.28. The van der Waals surface area contributed by atoms with Crippen LogP contribution in [-0.2, 0) is 0 Å². The highest BCUT2D eigenvalue weighted by molar-refractivity contribution is 7.07. The number of ether oxygens (including phenoxy) is 1. The van der Waals surface area contributed by atoms with Crippen LogP contribution in [0.15, 0.2) is 95.3 Å². The molecule has 4 aromatic rings. The van der Waals surface area contributed by atoms with Gasteiger partial charge in [-0.3, -0.25) is 4.57 Å². The van der Waals surface area contributed by atoms with E-state index in [0.717, 1.165) is 33.2 Å². The number of aromatic nitrogens is 1. The minimum atomic E-state index is 0.851. The zero-order valence-electron chi connectivity index (χ0n) is 14.4. The van der Waals surface area contributed by atoms with Gasteiger partial charge in [-0.15, -0.1) is 11.3 Å². The lowest BCUT2D eigenvalue weighted by Crippen LogP contribution is -2.13. The molecular formula is C22H18N2OS. The van der Waals surface area contributed by atoms with Crippen LogP contribution in [0.25, 0.3) is 16.9 Å². The first kappa shape index (κ1) is 16.4. The van der Waals surface area contributed by atoms with Crippen LogP contribution in [0.2, 0.25) is 0 Å². The molecule has 0 aliphatic heterocycles. The van der Waals surface area contributed by atoms with E-state index in [1.165, 1.54) is 0 Å². The summed E-state index contributed by atoms with van der Waals surface area (Å²) in [7, 11) is 1.68. The second-order valence-corrected chi connectivity index (χ2v) is 6.59. The highest BCUT2D eigenvalue weighted by Crippen LogP contribution is 2.26. The summed E-state index contributed by atoms with van der Waals surface area (Å²) in [5, 5.41) is 2.15. The number of hydrogen-bond acceptors (Lipinski definition) is 3. The van der Waals surface area contributed by atoms with Gasteiger partial charge in [-0.05, 0) is 54.1 Å². The molecular weight excluding hydrogens is 340 g/mol. The predicted octanol–water partition coefficient (Wildman–Crippen LogP) is 5.45. The topological polar surface area (TPSA) is 26.5 Å². The second kappa shape index (κ2) is 7.42. The average molecular weight is 358 g/mol. The van der Waals surface area contributed by atoms with Crippen LogP contribution in [0.3, 0.4) is 0 Å². The van der Waals surface area contributed by atoms with Crippen LogP contribution in [0, 0.1) is 0 Å². The molecule has 0 saturated heterocycles. The highest BCUT2D eigenvalue weighted by atomic mass is 32.1. The zero-order valence-corrected chi connectivity index (χ0v) is 15.2. The van der Waals surface area contributed by atoms with E-state index < -0.39 is 0 Å². The van der Waals surface area contributed by atoms with Gasteiger partial charge in [0.15, 0.2) is 4.80 Å². The molecule has 0 amide bonds. The van der Waals surface area contributed by atoms with Gasteiger partial charge in [-0.2, -0.15) is 0 Å². The monoisotopic (exact) mass is 358 g/mol. The lowest BCUT2D eigenvalue weighted by Gasteiger charge is -2.10. The van der Waals surface area contributed by atoms with Gasteiger partial charge in [0.25, 0.3) is 0 Å². The van der Waals surface area contributed by atoms with E-state index in [-0.39, 0.29) is 0 Å². The summed E-state index contributed by atoms with van der Waals surface area (Å²) < 4.78 is 7.48. The number of para-hydroxylation sites is 2. The van der Waals surface area contributed by atoms with E-state index in [2.05, 4.69) is 34.2 Å². The standard InChI is InChI=1S/C22H18N2OS/c1-25-20-14-12-17(13-15-20)21-16-26-22(23-18-8-4-2-5-9-18)24(21)19-10-6-3-7-11-19/h2-16H,1H3. The van der Waals surface area contributed by atoms with Gasteiger partial charge in [-0.1, -0.05) is 36.4 Å². The lowest BCUT2D eigenvalue weighted by atomic mass is 10.1. The molecule has 0 radical (unpaired) electrons. The Hall–Kier alpha value is -3.11. The molecule has 0 spiro atoms. The first-order valence-electron chi connectivity index (χ1n) is 8.35. The Bertz CT molecular complexity index is 1050. The Morgan fingerprint density at radius 3 is 2.12 bits per heavy atom. The number of thiazole rings is 1. The van der Waals surface area contributed by atoms with Crippen molar-refractivity contribution in [3.63, 3.8) is 0 Å². The quantitative estimate of drug-likeness (QED) is 0.477. The Morgan fingerprint density at radius 1 is 0.808 bits per heavy atom. The van der Waals surface area contributed by atoms with E-state index in [4.69, 9.17) is 9.73 Å². The normalized spacial score (nSPS) is 11.5. The fourth-order valence-corrected chi connectivity index (χ4v) is 3.72. The van der Waals surface area contributed by atoms with E-state index in [9.17, 15) is 0 Å². The SMILES string of the molecule is COc1ccc(-c2csc(=Nc3ccccc3)n2-c2ccccc2)cc1. The maximum Gasteiger partial charge on any atom is 0.195 e. The van der Waals surface area contributed by atoms with Gasteiger partial charge in [0.1, 0.15) is 5.75 Å². The van der Waals surface area contributed by atoms with Gasteiger partial charge >= 0.3 is 0 Å². The third kappa shape index (κ3) is 3.32. The van der Waals surface area contributed by atoms with Crippen molar-refractivity contribution in [1.82, 2.24) is 4.57 Å². The molecule has 0 aliphatic carbocycles. The van der Waals surface area contributed by atoms with Crippen molar-refractivity contribution in [1.29, 1.82) is 0 Å². The molecule has 4 heteroatoms. The highest BCUT2D eigenvalue weighted by Gasteiger charge is 2.10. The molecule has 0 saturated carbocycles. The Kier molecular flexibility index (Phi) is 4.67. The van der Waals surface area contributed by atoms with Gasteiger partial charge < -0.3 is 4.74 Å². The molecule has 0 N–H and O–H groups in total. The Morgan fingerprint density at radius 2 is 1.46 bits per heavy atom. The van der Waals surface area contributed by atoms with Gasteiger partial charge in [0, 0.05) is 11.1 Å². The number of methoxy groups -OCH3 is 1. The van der Waals surface area contributed by atoms with Crippen molar-refractivity contribution in [3.8, 4) is 22.7 Å². The van der Waals surface area contributed by atoms with Crippen molar-refractivity contribution < 1.29 is 4.74 Å². The van der Waals surface area contributed by atoms with Crippen molar-refractivity contribution >= 4 is 17.0 Å². The first-order chi connectivity index (χ1) is 12.8. The van der Waals surface area contributed by atoms with Gasteiger partial charge in [0.05, 0.1) is 18.5 Å². The minimum absolute atomic E-state index is 0.851. The number of benzene rings is 3. The summed E-state index contributed by atoms with van der Waals surface area (Å²) in [4.78, 5) is 5.79. The maximum absolute atomic E-state index is 5.28. The van der Waals surface area contributed by atoms with Crippen molar-refractivity contribution in [2.24, 2.45) is 4.99 Å². The van der Waals surface area contributed by atoms with Crippen LogP contribution >= 0.6 is 11.3 Å². The molecule has 3 nitrogen and oxygen atoms in total. The third-order valence-electron chi connectivity index (χ3n) is 4.09. The third-order valence-corrected chi connectivity index (χ3v) is 4.92. The smallest absolute Gasteiger partial charge is 0.195 e. The van der Waals surface area contributed by atoms with E-state index in [1.807, 2.05) is 60.7 Å². The van der Waals surface area contributed by atoms with E-state index >= 15 is 0 Å². The summed E-state index contributed by atoms with van der Waals surface area (Å²) in [6.45, 7) is 0. The Labute approximate surface area is 156 Å². The molecule has 0 fully saturated rings. The summed E-state index contributed by atoms with van der Waals surface area (Å²) in [5.41, 5.74) is 4.27. The lowest BCUT2D eigenvalue weighted by molar-refractivity contribution is 0.415. The number of rotatable bonds is 4. The molecule has 0 unspecified atom stereocenters. The molecule has 4 rings (SSSR count). The largest absolute Gasteiger partial charge is 0.497 e.